The fourth-order valence-corrected chi connectivity index (χ4v) is 5.16. The van der Waals surface area contributed by atoms with E-state index in [0.29, 0.717) is 35.4 Å². The summed E-state index contributed by atoms with van der Waals surface area (Å²) in [6.07, 6.45) is -0.479. The van der Waals surface area contributed by atoms with Crippen molar-refractivity contribution >= 4 is 17.0 Å². The van der Waals surface area contributed by atoms with Crippen molar-refractivity contribution in [1.82, 2.24) is 14.5 Å². The Morgan fingerprint density at radius 3 is 2.50 bits per heavy atom. The number of carbonyl (C=O) groups is 1. The van der Waals surface area contributed by atoms with Crippen molar-refractivity contribution in [3.8, 4) is 11.5 Å². The zero-order valence-electron chi connectivity index (χ0n) is 21.6. The molecule has 1 unspecified atom stereocenters. The summed E-state index contributed by atoms with van der Waals surface area (Å²) in [5, 5.41) is 9.90. The number of hydrogen-bond acceptors (Lipinski definition) is 5. The van der Waals surface area contributed by atoms with Crippen LogP contribution in [-0.4, -0.2) is 32.0 Å². The lowest BCUT2D eigenvalue weighted by Crippen LogP contribution is -2.27. The summed E-state index contributed by atoms with van der Waals surface area (Å²) in [6, 6.07) is 11.9. The summed E-state index contributed by atoms with van der Waals surface area (Å²) in [6.45, 7) is 2.15. The van der Waals surface area contributed by atoms with Crippen molar-refractivity contribution in [2.75, 3.05) is 0 Å². The molecule has 2 heterocycles. The number of ether oxygens (including phenoxy) is 2. The van der Waals surface area contributed by atoms with E-state index in [1.807, 2.05) is 19.1 Å². The summed E-state index contributed by atoms with van der Waals surface area (Å²) in [5.74, 6) is -2.39. The molecule has 1 saturated carbocycles. The molecule has 1 aliphatic carbocycles. The van der Waals surface area contributed by atoms with Crippen LogP contribution in [0.25, 0.3) is 11.0 Å². The number of carboxylic acids is 1. The average molecular weight is 558 g/mol. The minimum Gasteiger partial charge on any atom is -0.487 e. The van der Waals surface area contributed by atoms with Gasteiger partial charge in [0.05, 0.1) is 17.1 Å². The third-order valence-electron chi connectivity index (χ3n) is 7.08. The van der Waals surface area contributed by atoms with Gasteiger partial charge in [0, 0.05) is 30.8 Å². The van der Waals surface area contributed by atoms with E-state index in [1.54, 1.807) is 16.8 Å². The lowest BCUT2D eigenvalue weighted by Gasteiger charge is -2.28. The Morgan fingerprint density at radius 1 is 1.07 bits per heavy atom. The lowest BCUT2D eigenvalue weighted by molar-refractivity contribution is -0.274. The van der Waals surface area contributed by atoms with Gasteiger partial charge in [-0.3, -0.25) is 9.78 Å². The highest BCUT2D eigenvalue weighted by Gasteiger charge is 2.36. The maximum Gasteiger partial charge on any atom is 0.573 e. The van der Waals surface area contributed by atoms with Gasteiger partial charge in [0.15, 0.2) is 5.82 Å². The minimum absolute atomic E-state index is 0.0718. The second-order valence-corrected chi connectivity index (χ2v) is 9.97. The van der Waals surface area contributed by atoms with Crippen LogP contribution in [0.4, 0.5) is 17.6 Å². The Morgan fingerprint density at radius 2 is 1.82 bits per heavy atom. The highest BCUT2D eigenvalue weighted by Crippen LogP contribution is 2.40. The van der Waals surface area contributed by atoms with Crippen molar-refractivity contribution < 1.29 is 36.9 Å². The van der Waals surface area contributed by atoms with Gasteiger partial charge in [0.1, 0.15) is 29.4 Å². The van der Waals surface area contributed by atoms with Crippen molar-refractivity contribution in [2.24, 2.45) is 5.92 Å². The molecular weight excluding hydrogens is 530 g/mol. The Hall–Kier alpha value is -4.15. The van der Waals surface area contributed by atoms with Gasteiger partial charge in [-0.25, -0.2) is 9.37 Å². The largest absolute Gasteiger partial charge is 0.573 e. The van der Waals surface area contributed by atoms with Crippen LogP contribution in [0.5, 0.6) is 11.5 Å². The van der Waals surface area contributed by atoms with E-state index in [-0.39, 0.29) is 30.2 Å². The minimum atomic E-state index is -4.82. The molecule has 5 rings (SSSR count). The molecule has 0 bridgehead atoms. The summed E-state index contributed by atoms with van der Waals surface area (Å²) in [4.78, 5) is 21.0. The first-order chi connectivity index (χ1) is 19.1. The quantitative estimate of drug-likeness (QED) is 0.241. The first-order valence-electron chi connectivity index (χ1n) is 12.9. The molecule has 210 valence electrons. The van der Waals surface area contributed by atoms with Crippen LogP contribution in [0.15, 0.2) is 54.7 Å². The van der Waals surface area contributed by atoms with E-state index in [9.17, 15) is 23.1 Å². The fourth-order valence-electron chi connectivity index (χ4n) is 5.16. The highest BCUT2D eigenvalue weighted by atomic mass is 19.4. The molecule has 0 amide bonds. The fraction of sp³-hybridized carbons (Fsp3) is 0.345. The second-order valence-electron chi connectivity index (χ2n) is 9.97. The van der Waals surface area contributed by atoms with Crippen LogP contribution in [0.3, 0.4) is 0 Å². The number of halogens is 4. The molecule has 2 aromatic carbocycles. The molecule has 2 atom stereocenters. The topological polar surface area (TPSA) is 86.5 Å². The SMILES string of the molecule is Cc1ccc(COc2cc(F)c3nc(C4CCCC[C@H]4C(=O)O)n(Cc4ccc(OC(F)(F)F)cc4)c3c2)nc1. The number of hydrogen-bond donors (Lipinski definition) is 1. The molecule has 11 heteroatoms. The highest BCUT2D eigenvalue weighted by molar-refractivity contribution is 5.79. The van der Waals surface area contributed by atoms with Crippen molar-refractivity contribution in [1.29, 1.82) is 0 Å². The van der Waals surface area contributed by atoms with Gasteiger partial charge < -0.3 is 19.1 Å². The molecule has 0 spiro atoms. The van der Waals surface area contributed by atoms with Crippen LogP contribution in [0.1, 0.15) is 54.2 Å². The standard InChI is InChI=1S/C29H27F4N3O4/c1-17-6-9-19(34-14-17)16-39-21-12-24(30)26-25(13-21)36(15-18-7-10-20(11-8-18)40-29(31,32)33)27(35-26)22-4-2-3-5-23(22)28(37)38/h6-14,22-23H,2-5,15-16H2,1H3,(H,37,38)/t22?,23-/m1/s1. The Labute approximate surface area is 227 Å². The number of benzene rings is 2. The first kappa shape index (κ1) is 27.4. The number of fused-ring (bicyclic) bond motifs is 1. The molecule has 4 aromatic rings. The normalized spacial score (nSPS) is 17.6. The molecule has 40 heavy (non-hydrogen) atoms. The van der Waals surface area contributed by atoms with Crippen LogP contribution in [0.2, 0.25) is 0 Å². The van der Waals surface area contributed by atoms with Gasteiger partial charge in [0.25, 0.3) is 0 Å². The van der Waals surface area contributed by atoms with Crippen molar-refractivity contribution in [3.05, 3.63) is 83.2 Å². The predicted molar refractivity (Wildman–Crippen MR) is 138 cm³/mol. The van der Waals surface area contributed by atoms with Gasteiger partial charge >= 0.3 is 12.3 Å². The van der Waals surface area contributed by atoms with E-state index >= 15 is 4.39 Å². The summed E-state index contributed by atoms with van der Waals surface area (Å²) < 4.78 is 64.8. The molecule has 0 radical (unpaired) electrons. The van der Waals surface area contributed by atoms with E-state index in [0.717, 1.165) is 18.4 Å². The molecule has 2 aromatic heterocycles. The van der Waals surface area contributed by atoms with E-state index in [4.69, 9.17) is 4.74 Å². The van der Waals surface area contributed by atoms with Crippen LogP contribution >= 0.6 is 0 Å². The van der Waals surface area contributed by atoms with Gasteiger partial charge in [-0.2, -0.15) is 0 Å². The van der Waals surface area contributed by atoms with Gasteiger partial charge in [-0.1, -0.05) is 31.0 Å². The monoisotopic (exact) mass is 557 g/mol. The molecule has 0 saturated heterocycles. The molecule has 0 aliphatic heterocycles. The van der Waals surface area contributed by atoms with Gasteiger partial charge in [-0.05, 0) is 49.1 Å². The Bertz CT molecular complexity index is 1500. The maximum atomic E-state index is 15.4. The van der Waals surface area contributed by atoms with Crippen molar-refractivity contribution in [2.45, 2.75) is 58.0 Å². The molecule has 7 nitrogen and oxygen atoms in total. The molecule has 1 fully saturated rings. The third-order valence-corrected chi connectivity index (χ3v) is 7.08. The zero-order valence-corrected chi connectivity index (χ0v) is 21.6. The van der Waals surface area contributed by atoms with E-state index in [1.165, 1.54) is 30.3 Å². The summed E-state index contributed by atoms with van der Waals surface area (Å²) in [7, 11) is 0. The summed E-state index contributed by atoms with van der Waals surface area (Å²) in [5.41, 5.74) is 2.73. The smallest absolute Gasteiger partial charge is 0.487 e. The lowest BCUT2D eigenvalue weighted by atomic mass is 9.78. The molecular formula is C29H27F4N3O4. The van der Waals surface area contributed by atoms with Crippen LogP contribution < -0.4 is 9.47 Å². The first-order valence-corrected chi connectivity index (χ1v) is 12.9. The van der Waals surface area contributed by atoms with Crippen LogP contribution in [-0.2, 0) is 17.9 Å². The van der Waals surface area contributed by atoms with Gasteiger partial charge in [0.2, 0.25) is 0 Å². The predicted octanol–water partition coefficient (Wildman–Crippen LogP) is 6.76. The number of imidazole rings is 1. The number of aliphatic carboxylic acids is 1. The average Bonchev–Trinajstić information content (AvgIpc) is 3.27. The third kappa shape index (κ3) is 6.19. The van der Waals surface area contributed by atoms with Crippen molar-refractivity contribution in [3.63, 3.8) is 0 Å². The second kappa shape index (κ2) is 11.1. The number of rotatable bonds is 8. The molecule has 1 aliphatic rings. The maximum absolute atomic E-state index is 15.4. The number of pyridine rings is 1. The number of alkyl halides is 3. The summed E-state index contributed by atoms with van der Waals surface area (Å²) >= 11 is 0. The van der Waals surface area contributed by atoms with Crippen LogP contribution in [0, 0.1) is 18.7 Å². The number of aryl methyl sites for hydroxylation is 1. The zero-order chi connectivity index (χ0) is 28.4. The number of aromatic nitrogens is 3. The number of nitrogens with zero attached hydrogens (tertiary/aromatic N) is 3. The van der Waals surface area contributed by atoms with E-state index in [2.05, 4.69) is 14.7 Å². The number of carboxylic acid groups (broad SMARTS) is 1. The Balaban J connectivity index is 1.53. The molecule has 1 N–H and O–H groups in total. The van der Waals surface area contributed by atoms with E-state index < -0.39 is 30.0 Å². The van der Waals surface area contributed by atoms with Gasteiger partial charge in [-0.15, -0.1) is 13.2 Å². The Kier molecular flexibility index (Phi) is 7.64.